The Hall–Kier alpha value is -1.32. The van der Waals surface area contributed by atoms with Gasteiger partial charge in [-0.3, -0.25) is 0 Å². The molecule has 1 aromatic rings. The molecule has 4 heteroatoms. The lowest BCUT2D eigenvalue weighted by atomic mass is 10.2. The van der Waals surface area contributed by atoms with Crippen LogP contribution in [-0.4, -0.2) is 18.1 Å². The summed E-state index contributed by atoms with van der Waals surface area (Å²) in [5.74, 6) is -0.268. The van der Waals surface area contributed by atoms with Gasteiger partial charge >= 0.3 is 11.9 Å². The zero-order chi connectivity index (χ0) is 9.14. The molecule has 0 saturated carbocycles. The van der Waals surface area contributed by atoms with Crippen LogP contribution in [0, 0.1) is 0 Å². The maximum atomic E-state index is 10.9. The van der Waals surface area contributed by atoms with Crippen LogP contribution < -0.4 is 0 Å². The fourth-order valence-electron chi connectivity index (χ4n) is 0.732. The van der Waals surface area contributed by atoms with E-state index in [-0.39, 0.29) is 11.8 Å². The van der Waals surface area contributed by atoms with Crippen LogP contribution in [-0.2, 0) is 4.74 Å². The Bertz CT molecular complexity index is 278. The SMILES string of the molecule is COC(=O)c1nc(C(C)C)co1. The van der Waals surface area contributed by atoms with Gasteiger partial charge in [-0.15, -0.1) is 0 Å². The summed E-state index contributed by atoms with van der Waals surface area (Å²) >= 11 is 0. The summed E-state index contributed by atoms with van der Waals surface area (Å²) in [6.45, 7) is 3.94. The highest BCUT2D eigenvalue weighted by Crippen LogP contribution is 2.13. The van der Waals surface area contributed by atoms with E-state index in [4.69, 9.17) is 4.42 Å². The number of methoxy groups -OCH3 is 1. The molecule has 0 aliphatic rings. The van der Waals surface area contributed by atoms with Gasteiger partial charge in [-0.05, 0) is 5.92 Å². The van der Waals surface area contributed by atoms with Crippen LogP contribution >= 0.6 is 0 Å². The highest BCUT2D eigenvalue weighted by molar-refractivity contribution is 5.84. The first-order chi connectivity index (χ1) is 5.65. The number of esters is 1. The second kappa shape index (κ2) is 3.38. The standard InChI is InChI=1S/C8H11NO3/c1-5(2)6-4-12-7(9-6)8(10)11-3/h4-5H,1-3H3. The third kappa shape index (κ3) is 1.64. The van der Waals surface area contributed by atoms with Crippen LogP contribution in [0.3, 0.4) is 0 Å². The first kappa shape index (κ1) is 8.77. The average molecular weight is 169 g/mol. The van der Waals surface area contributed by atoms with Crippen molar-refractivity contribution >= 4 is 5.97 Å². The molecule has 0 atom stereocenters. The molecule has 1 aromatic heterocycles. The van der Waals surface area contributed by atoms with Crippen LogP contribution in [0.15, 0.2) is 10.7 Å². The number of ether oxygens (including phenoxy) is 1. The molecule has 0 aromatic carbocycles. The lowest BCUT2D eigenvalue weighted by molar-refractivity contribution is 0.0556. The summed E-state index contributed by atoms with van der Waals surface area (Å²) in [7, 11) is 1.29. The minimum absolute atomic E-state index is 0.0150. The summed E-state index contributed by atoms with van der Waals surface area (Å²) in [4.78, 5) is 14.8. The Kier molecular flexibility index (Phi) is 2.47. The highest BCUT2D eigenvalue weighted by Gasteiger charge is 2.14. The van der Waals surface area contributed by atoms with Crippen molar-refractivity contribution in [2.45, 2.75) is 19.8 Å². The van der Waals surface area contributed by atoms with Crippen molar-refractivity contribution in [3.8, 4) is 0 Å². The molecule has 1 heterocycles. The number of aromatic nitrogens is 1. The number of nitrogens with zero attached hydrogens (tertiary/aromatic N) is 1. The molecule has 12 heavy (non-hydrogen) atoms. The van der Waals surface area contributed by atoms with Crippen LogP contribution in [0.2, 0.25) is 0 Å². The van der Waals surface area contributed by atoms with E-state index in [0.29, 0.717) is 0 Å². The Balaban J connectivity index is 2.84. The molecule has 0 aliphatic carbocycles. The van der Waals surface area contributed by atoms with E-state index in [1.165, 1.54) is 13.4 Å². The van der Waals surface area contributed by atoms with Gasteiger partial charge in [0.2, 0.25) is 0 Å². The number of rotatable bonds is 2. The van der Waals surface area contributed by atoms with Gasteiger partial charge < -0.3 is 9.15 Å². The minimum atomic E-state index is -0.540. The first-order valence-electron chi connectivity index (χ1n) is 3.69. The van der Waals surface area contributed by atoms with E-state index in [1.54, 1.807) is 0 Å². The quantitative estimate of drug-likeness (QED) is 0.631. The lowest BCUT2D eigenvalue weighted by Crippen LogP contribution is -2.01. The van der Waals surface area contributed by atoms with Crippen LogP contribution in [0.4, 0.5) is 0 Å². The third-order valence-corrected chi connectivity index (χ3v) is 1.47. The molecule has 0 spiro atoms. The molecule has 0 unspecified atom stereocenters. The summed E-state index contributed by atoms with van der Waals surface area (Å²) in [5, 5.41) is 0. The normalized spacial score (nSPS) is 10.3. The number of carbonyl (C=O) groups excluding carboxylic acids is 1. The smallest absolute Gasteiger partial charge is 0.394 e. The second-order valence-electron chi connectivity index (χ2n) is 2.72. The molecule has 0 N–H and O–H groups in total. The van der Waals surface area contributed by atoms with E-state index in [2.05, 4.69) is 9.72 Å². The van der Waals surface area contributed by atoms with E-state index < -0.39 is 5.97 Å². The van der Waals surface area contributed by atoms with E-state index in [0.717, 1.165) is 5.69 Å². The highest BCUT2D eigenvalue weighted by atomic mass is 16.5. The van der Waals surface area contributed by atoms with Gasteiger partial charge in [-0.25, -0.2) is 9.78 Å². The van der Waals surface area contributed by atoms with Crippen LogP contribution in [0.5, 0.6) is 0 Å². The summed E-state index contributed by atoms with van der Waals surface area (Å²) in [6.07, 6.45) is 1.47. The average Bonchev–Trinajstić information content (AvgIpc) is 2.51. The summed E-state index contributed by atoms with van der Waals surface area (Å²) < 4.78 is 9.33. The molecule has 0 aliphatic heterocycles. The Morgan fingerprint density at radius 1 is 1.67 bits per heavy atom. The van der Waals surface area contributed by atoms with Crippen LogP contribution in [0.1, 0.15) is 36.1 Å². The molecule has 0 radical (unpaired) electrons. The maximum absolute atomic E-state index is 10.9. The summed E-state index contributed by atoms with van der Waals surface area (Å²) in [5.41, 5.74) is 0.760. The van der Waals surface area contributed by atoms with Crippen molar-refractivity contribution in [3.05, 3.63) is 17.8 Å². The monoisotopic (exact) mass is 169 g/mol. The molecule has 4 nitrogen and oxygen atoms in total. The zero-order valence-corrected chi connectivity index (χ0v) is 7.33. The molecule has 0 bridgehead atoms. The van der Waals surface area contributed by atoms with Gasteiger partial charge in [0, 0.05) is 0 Å². The van der Waals surface area contributed by atoms with Crippen molar-refractivity contribution in [1.29, 1.82) is 0 Å². The molecule has 0 fully saturated rings. The second-order valence-corrected chi connectivity index (χ2v) is 2.72. The largest absolute Gasteiger partial charge is 0.462 e. The zero-order valence-electron chi connectivity index (χ0n) is 7.33. The molecule has 0 saturated heterocycles. The number of hydrogen-bond donors (Lipinski definition) is 0. The molecule has 0 amide bonds. The lowest BCUT2D eigenvalue weighted by Gasteiger charge is -1.94. The van der Waals surface area contributed by atoms with E-state index in [9.17, 15) is 4.79 Å². The third-order valence-electron chi connectivity index (χ3n) is 1.47. The van der Waals surface area contributed by atoms with Crippen LogP contribution in [0.25, 0.3) is 0 Å². The van der Waals surface area contributed by atoms with Crippen molar-refractivity contribution < 1.29 is 13.9 Å². The Labute approximate surface area is 70.5 Å². The number of hydrogen-bond acceptors (Lipinski definition) is 4. The predicted octanol–water partition coefficient (Wildman–Crippen LogP) is 1.58. The number of carbonyl (C=O) groups is 1. The van der Waals surface area contributed by atoms with Gasteiger partial charge in [0.25, 0.3) is 0 Å². The van der Waals surface area contributed by atoms with Crippen molar-refractivity contribution in [2.24, 2.45) is 0 Å². The Morgan fingerprint density at radius 3 is 2.75 bits per heavy atom. The van der Waals surface area contributed by atoms with Gasteiger partial charge in [0.15, 0.2) is 0 Å². The van der Waals surface area contributed by atoms with Gasteiger partial charge in [0.05, 0.1) is 12.8 Å². The first-order valence-corrected chi connectivity index (χ1v) is 3.69. The maximum Gasteiger partial charge on any atom is 0.394 e. The Morgan fingerprint density at radius 2 is 2.33 bits per heavy atom. The molecule has 1 rings (SSSR count). The van der Waals surface area contributed by atoms with Crippen molar-refractivity contribution in [2.75, 3.05) is 7.11 Å². The molecular weight excluding hydrogens is 158 g/mol. The minimum Gasteiger partial charge on any atom is -0.462 e. The van der Waals surface area contributed by atoms with Gasteiger partial charge in [0.1, 0.15) is 6.26 Å². The van der Waals surface area contributed by atoms with Gasteiger partial charge in [-0.2, -0.15) is 0 Å². The fourth-order valence-corrected chi connectivity index (χ4v) is 0.732. The number of oxazole rings is 1. The van der Waals surface area contributed by atoms with Crippen molar-refractivity contribution in [3.63, 3.8) is 0 Å². The molecular formula is C8H11NO3. The molecule has 66 valence electrons. The topological polar surface area (TPSA) is 52.3 Å². The van der Waals surface area contributed by atoms with E-state index >= 15 is 0 Å². The van der Waals surface area contributed by atoms with Gasteiger partial charge in [-0.1, -0.05) is 13.8 Å². The van der Waals surface area contributed by atoms with E-state index in [1.807, 2.05) is 13.8 Å². The predicted molar refractivity (Wildman–Crippen MR) is 41.9 cm³/mol. The fraction of sp³-hybridized carbons (Fsp3) is 0.500. The summed E-state index contributed by atoms with van der Waals surface area (Å²) in [6, 6.07) is 0. The van der Waals surface area contributed by atoms with Crippen molar-refractivity contribution in [1.82, 2.24) is 4.98 Å².